The Morgan fingerprint density at radius 1 is 1.15 bits per heavy atom. The molecule has 12 heteroatoms. The molecule has 0 aromatic heterocycles. The monoisotopic (exact) mass is 478 g/mol. The van der Waals surface area contributed by atoms with Crippen molar-refractivity contribution in [2.75, 3.05) is 11.9 Å². The smallest absolute Gasteiger partial charge is 0.341 e. The van der Waals surface area contributed by atoms with E-state index in [1.54, 1.807) is 0 Å². The molecular weight excluding hydrogens is 457 g/mol. The van der Waals surface area contributed by atoms with Gasteiger partial charge in [-0.15, -0.1) is 0 Å². The second-order valence-corrected chi connectivity index (χ2v) is 7.51. The van der Waals surface area contributed by atoms with E-state index in [0.717, 1.165) is 5.01 Å². The van der Waals surface area contributed by atoms with Crippen molar-refractivity contribution in [2.24, 2.45) is 10.8 Å². The van der Waals surface area contributed by atoms with Crippen LogP contribution in [0.2, 0.25) is 0 Å². The molecule has 34 heavy (non-hydrogen) atoms. The van der Waals surface area contributed by atoms with Crippen LogP contribution in [0.5, 0.6) is 5.75 Å². The molecule has 2 aromatic rings. The van der Waals surface area contributed by atoms with Crippen molar-refractivity contribution < 1.29 is 37.4 Å². The number of anilines is 1. The van der Waals surface area contributed by atoms with Gasteiger partial charge in [0.25, 0.3) is 0 Å². The van der Waals surface area contributed by atoms with Gasteiger partial charge in [0.05, 0.1) is 0 Å². The lowest BCUT2D eigenvalue weighted by atomic mass is 10.0. The lowest BCUT2D eigenvalue weighted by Gasteiger charge is -2.23. The number of nitrogens with two attached hydrogens (primary N) is 1. The van der Waals surface area contributed by atoms with E-state index in [1.807, 2.05) is 0 Å². The maximum absolute atomic E-state index is 13.8. The van der Waals surface area contributed by atoms with E-state index in [0.29, 0.717) is 23.6 Å². The zero-order valence-electron chi connectivity index (χ0n) is 17.7. The molecule has 2 amide bonds. The summed E-state index contributed by atoms with van der Waals surface area (Å²) in [6.07, 6.45) is 1.02. The third-order valence-electron chi connectivity index (χ3n) is 4.88. The summed E-state index contributed by atoms with van der Waals surface area (Å²) in [5.41, 5.74) is 6.12. The van der Waals surface area contributed by atoms with Crippen LogP contribution in [-0.2, 0) is 20.8 Å². The van der Waals surface area contributed by atoms with Gasteiger partial charge in [0.1, 0.15) is 17.6 Å². The predicted octanol–water partition coefficient (Wildman–Crippen LogP) is 2.05. The van der Waals surface area contributed by atoms with Crippen molar-refractivity contribution in [3.05, 3.63) is 59.4 Å². The number of carboxylic acid groups (broad SMARTS) is 1. The third-order valence-corrected chi connectivity index (χ3v) is 4.88. The van der Waals surface area contributed by atoms with Crippen molar-refractivity contribution in [3.63, 3.8) is 0 Å². The SMILES string of the molecule is N[C@@H](CC(=O)N1N=CCC1C(=O)Nc1ccc(OCC(=O)O)cc1)Cc1cc(F)c(F)cc1F. The van der Waals surface area contributed by atoms with Crippen LogP contribution in [0.3, 0.4) is 0 Å². The minimum absolute atomic E-state index is 0.157. The quantitative estimate of drug-likeness (QED) is 0.473. The maximum Gasteiger partial charge on any atom is 0.341 e. The largest absolute Gasteiger partial charge is 0.482 e. The van der Waals surface area contributed by atoms with Gasteiger partial charge in [-0.3, -0.25) is 9.59 Å². The minimum atomic E-state index is -1.33. The number of hydrogen-bond acceptors (Lipinski definition) is 6. The number of ether oxygens (including phenoxy) is 1. The number of hydrazone groups is 1. The van der Waals surface area contributed by atoms with E-state index in [2.05, 4.69) is 10.4 Å². The van der Waals surface area contributed by atoms with E-state index < -0.39 is 53.9 Å². The summed E-state index contributed by atoms with van der Waals surface area (Å²) in [4.78, 5) is 35.9. The molecule has 2 atom stereocenters. The Hall–Kier alpha value is -3.93. The molecule has 0 spiro atoms. The fourth-order valence-corrected chi connectivity index (χ4v) is 3.27. The van der Waals surface area contributed by atoms with Gasteiger partial charge in [-0.05, 0) is 42.3 Å². The number of rotatable bonds is 9. The number of halogens is 3. The topological polar surface area (TPSA) is 134 Å². The van der Waals surface area contributed by atoms with Crippen molar-refractivity contribution in [2.45, 2.75) is 31.3 Å². The Labute approximate surface area is 192 Å². The first-order chi connectivity index (χ1) is 16.1. The molecule has 0 bridgehead atoms. The number of carbonyl (C=O) groups is 3. The predicted molar refractivity (Wildman–Crippen MR) is 115 cm³/mol. The van der Waals surface area contributed by atoms with Crippen LogP contribution in [0, 0.1) is 17.5 Å². The van der Waals surface area contributed by atoms with Crippen molar-refractivity contribution >= 4 is 29.7 Å². The summed E-state index contributed by atoms with van der Waals surface area (Å²) >= 11 is 0. The highest BCUT2D eigenvalue weighted by Crippen LogP contribution is 2.20. The van der Waals surface area contributed by atoms with Crippen LogP contribution in [0.15, 0.2) is 41.5 Å². The Morgan fingerprint density at radius 2 is 1.82 bits per heavy atom. The molecule has 1 aliphatic rings. The molecule has 2 aromatic carbocycles. The average molecular weight is 478 g/mol. The standard InChI is InChI=1S/C22H21F3N4O5/c23-16-10-18(25)17(24)8-12(16)7-13(26)9-20(30)29-19(5-6-27-29)22(33)28-14-1-3-15(4-2-14)34-11-21(31)32/h1-4,6,8,10,13,19H,5,7,9,11,26H2,(H,28,33)(H,31,32)/t13-,19?/m1/s1. The van der Waals surface area contributed by atoms with Crippen LogP contribution >= 0.6 is 0 Å². The number of aliphatic carboxylic acids is 1. The van der Waals surface area contributed by atoms with Crippen LogP contribution in [0.4, 0.5) is 18.9 Å². The number of nitrogens with one attached hydrogen (secondary N) is 1. The van der Waals surface area contributed by atoms with E-state index in [4.69, 9.17) is 15.6 Å². The molecule has 0 aliphatic carbocycles. The summed E-state index contributed by atoms with van der Waals surface area (Å²) in [5, 5.41) is 16.1. The molecule has 180 valence electrons. The van der Waals surface area contributed by atoms with Gasteiger partial charge < -0.3 is 20.9 Å². The van der Waals surface area contributed by atoms with Gasteiger partial charge in [0.15, 0.2) is 18.2 Å². The minimum Gasteiger partial charge on any atom is -0.482 e. The molecule has 4 N–H and O–H groups in total. The fraction of sp³-hybridized carbons (Fsp3) is 0.273. The number of amides is 2. The third kappa shape index (κ3) is 6.32. The van der Waals surface area contributed by atoms with E-state index in [1.165, 1.54) is 30.5 Å². The number of hydrogen-bond donors (Lipinski definition) is 3. The maximum atomic E-state index is 13.8. The molecule has 1 heterocycles. The Morgan fingerprint density at radius 3 is 2.50 bits per heavy atom. The normalized spacial score (nSPS) is 15.8. The lowest BCUT2D eigenvalue weighted by Crippen LogP contribution is -2.43. The number of nitrogens with zero attached hydrogens (tertiary/aromatic N) is 2. The summed E-state index contributed by atoms with van der Waals surface area (Å²) in [6, 6.07) is 5.19. The Bertz CT molecular complexity index is 1110. The van der Waals surface area contributed by atoms with E-state index >= 15 is 0 Å². The fourth-order valence-electron chi connectivity index (χ4n) is 3.27. The second kappa shape index (κ2) is 10.8. The Kier molecular flexibility index (Phi) is 7.84. The first-order valence-electron chi connectivity index (χ1n) is 10.1. The van der Waals surface area contributed by atoms with Crippen LogP contribution in [-0.4, -0.2) is 52.8 Å². The first kappa shape index (κ1) is 24.7. The van der Waals surface area contributed by atoms with Crippen LogP contribution < -0.4 is 15.8 Å². The average Bonchev–Trinajstić information content (AvgIpc) is 3.27. The molecule has 0 radical (unpaired) electrons. The highest BCUT2D eigenvalue weighted by molar-refractivity contribution is 5.99. The van der Waals surface area contributed by atoms with Crippen molar-refractivity contribution in [3.8, 4) is 5.75 Å². The van der Waals surface area contributed by atoms with Gasteiger partial charge in [0.2, 0.25) is 11.8 Å². The van der Waals surface area contributed by atoms with Crippen molar-refractivity contribution in [1.82, 2.24) is 5.01 Å². The molecule has 9 nitrogen and oxygen atoms in total. The molecule has 0 saturated carbocycles. The van der Waals surface area contributed by atoms with Gasteiger partial charge in [-0.1, -0.05) is 0 Å². The van der Waals surface area contributed by atoms with E-state index in [-0.39, 0.29) is 24.8 Å². The highest BCUT2D eigenvalue weighted by atomic mass is 19.2. The van der Waals surface area contributed by atoms with Crippen molar-refractivity contribution in [1.29, 1.82) is 0 Å². The molecule has 0 saturated heterocycles. The van der Waals surface area contributed by atoms with Gasteiger partial charge in [0, 0.05) is 36.9 Å². The van der Waals surface area contributed by atoms with E-state index in [9.17, 15) is 27.6 Å². The first-order valence-corrected chi connectivity index (χ1v) is 10.1. The van der Waals surface area contributed by atoms with Crippen LogP contribution in [0.25, 0.3) is 0 Å². The summed E-state index contributed by atoms with van der Waals surface area (Å²) < 4.78 is 45.3. The number of carbonyl (C=O) groups excluding carboxylic acids is 2. The molecule has 0 fully saturated rings. The molecule has 3 rings (SSSR count). The zero-order chi connectivity index (χ0) is 24.8. The second-order valence-electron chi connectivity index (χ2n) is 7.51. The summed E-state index contributed by atoms with van der Waals surface area (Å²) in [6.45, 7) is -0.507. The summed E-state index contributed by atoms with van der Waals surface area (Å²) in [5.74, 6) is -5.47. The molecule has 1 unspecified atom stereocenters. The number of benzene rings is 2. The Balaban J connectivity index is 1.57. The zero-order valence-corrected chi connectivity index (χ0v) is 17.7. The van der Waals surface area contributed by atoms with Gasteiger partial charge >= 0.3 is 5.97 Å². The van der Waals surface area contributed by atoms with Gasteiger partial charge in [-0.25, -0.2) is 23.0 Å². The van der Waals surface area contributed by atoms with Crippen LogP contribution in [0.1, 0.15) is 18.4 Å². The highest BCUT2D eigenvalue weighted by Gasteiger charge is 2.33. The molecule has 1 aliphatic heterocycles. The number of carboxylic acids is 1. The summed E-state index contributed by atoms with van der Waals surface area (Å²) in [7, 11) is 0. The molecular formula is C22H21F3N4O5. The van der Waals surface area contributed by atoms with Gasteiger partial charge in [-0.2, -0.15) is 5.10 Å². The lowest BCUT2D eigenvalue weighted by molar-refractivity contribution is -0.139.